The molecule has 8 nitrogen and oxygen atoms in total. The Bertz CT molecular complexity index is 1350. The van der Waals surface area contributed by atoms with Crippen molar-refractivity contribution in [3.63, 3.8) is 0 Å². The van der Waals surface area contributed by atoms with E-state index in [2.05, 4.69) is 0 Å². The molecule has 3 heterocycles. The van der Waals surface area contributed by atoms with Gasteiger partial charge >= 0.3 is 18.6 Å². The first-order valence-corrected chi connectivity index (χ1v) is 11.6. The molecular weight excluding hydrogens is 496 g/mol. The molecule has 0 saturated heterocycles. The molecule has 0 fully saturated rings. The highest BCUT2D eigenvalue weighted by molar-refractivity contribution is 6.08. The number of hydrogen-bond acceptors (Lipinski definition) is 6. The predicted molar refractivity (Wildman–Crippen MR) is 130 cm³/mol. The van der Waals surface area contributed by atoms with Crippen molar-refractivity contribution in [3.8, 4) is 16.9 Å². The van der Waals surface area contributed by atoms with Gasteiger partial charge < -0.3 is 14.2 Å². The molecule has 0 saturated carbocycles. The van der Waals surface area contributed by atoms with E-state index in [-0.39, 0.29) is 52.5 Å². The molecule has 0 N–H and O–H groups in total. The van der Waals surface area contributed by atoms with Crippen LogP contribution in [-0.2, 0) is 22.6 Å². The van der Waals surface area contributed by atoms with Crippen LogP contribution in [0, 0.1) is 0 Å². The zero-order valence-electron chi connectivity index (χ0n) is 20.7. The molecule has 1 aromatic carbocycles. The Morgan fingerprint density at radius 3 is 1.68 bits per heavy atom. The van der Waals surface area contributed by atoms with Crippen molar-refractivity contribution in [1.82, 2.24) is 4.98 Å². The Morgan fingerprint density at radius 1 is 0.763 bits per heavy atom. The van der Waals surface area contributed by atoms with E-state index in [1.807, 2.05) is 36.4 Å². The Morgan fingerprint density at radius 2 is 1.24 bits per heavy atom. The van der Waals surface area contributed by atoms with Gasteiger partial charge in [-0.1, -0.05) is 30.3 Å². The minimum absolute atomic E-state index is 0.0352. The van der Waals surface area contributed by atoms with Crippen molar-refractivity contribution in [3.05, 3.63) is 108 Å². The van der Waals surface area contributed by atoms with Crippen LogP contribution in [0.15, 0.2) is 85.5 Å². The Kier molecular flexibility index (Phi) is 8.32. The van der Waals surface area contributed by atoms with Gasteiger partial charge in [-0.05, 0) is 6.07 Å². The molecule has 194 valence electrons. The third-order valence-electron chi connectivity index (χ3n) is 5.72. The van der Waals surface area contributed by atoms with Gasteiger partial charge in [-0.3, -0.25) is 0 Å². The number of pyridine rings is 3. The number of ether oxygens (including phenoxy) is 3. The van der Waals surface area contributed by atoms with Crippen LogP contribution in [0.5, 0.6) is 5.75 Å². The minimum Gasteiger partial charge on any atom is -0.465 e. The van der Waals surface area contributed by atoms with Crippen LogP contribution in [0.4, 0.5) is 8.78 Å². The van der Waals surface area contributed by atoms with Gasteiger partial charge in [-0.15, -0.1) is 0 Å². The first-order valence-electron chi connectivity index (χ1n) is 11.6. The molecule has 0 spiro atoms. The molecule has 4 aromatic rings. The fourth-order valence-corrected chi connectivity index (χ4v) is 4.13. The predicted octanol–water partition coefficient (Wildman–Crippen LogP) is 3.59. The summed E-state index contributed by atoms with van der Waals surface area (Å²) in [6.07, 6.45) is 7.15. The molecule has 10 heteroatoms. The second-order valence-corrected chi connectivity index (χ2v) is 8.08. The van der Waals surface area contributed by atoms with Crippen LogP contribution < -0.4 is 13.9 Å². The maximum absolute atomic E-state index is 13.4. The third kappa shape index (κ3) is 5.80. The summed E-state index contributed by atoms with van der Waals surface area (Å²) >= 11 is 0. The zero-order chi connectivity index (χ0) is 27.1. The maximum atomic E-state index is 13.4. The number of esters is 2. The molecule has 38 heavy (non-hydrogen) atoms. The molecule has 0 atom stereocenters. The van der Waals surface area contributed by atoms with Crippen LogP contribution in [0.1, 0.15) is 32.1 Å². The van der Waals surface area contributed by atoms with E-state index in [1.54, 1.807) is 40.0 Å². The summed E-state index contributed by atoms with van der Waals surface area (Å²) in [6.45, 7) is -2.88. The van der Waals surface area contributed by atoms with E-state index >= 15 is 0 Å². The molecule has 0 bridgehead atoms. The number of hydrogen-bond donors (Lipinski definition) is 0. The lowest BCUT2D eigenvalue weighted by Gasteiger charge is -2.19. The quantitative estimate of drug-likeness (QED) is 0.247. The molecule has 0 unspecified atom stereocenters. The van der Waals surface area contributed by atoms with Gasteiger partial charge in [0.2, 0.25) is 0 Å². The molecular formula is C28H25F2N3O5+2. The van der Waals surface area contributed by atoms with Crippen LogP contribution in [0.2, 0.25) is 0 Å². The topological polar surface area (TPSA) is 82.5 Å². The van der Waals surface area contributed by atoms with Crippen LogP contribution in [0.25, 0.3) is 11.1 Å². The normalized spacial score (nSPS) is 10.8. The summed E-state index contributed by atoms with van der Waals surface area (Å²) in [7, 11) is 2.39. The maximum Gasteiger partial charge on any atom is 0.387 e. The summed E-state index contributed by atoms with van der Waals surface area (Å²) in [5.74, 6) is -1.81. The second-order valence-electron chi connectivity index (χ2n) is 8.08. The molecule has 4 rings (SSSR count). The van der Waals surface area contributed by atoms with Gasteiger partial charge in [0.25, 0.3) is 0 Å². The fourth-order valence-electron chi connectivity index (χ4n) is 4.13. The first-order chi connectivity index (χ1) is 18.4. The number of carbonyl (C=O) groups excluding carboxylic acids is 2. The van der Waals surface area contributed by atoms with Crippen molar-refractivity contribution in [2.75, 3.05) is 14.2 Å². The summed E-state index contributed by atoms with van der Waals surface area (Å²) in [4.78, 5) is 31.3. The van der Waals surface area contributed by atoms with E-state index in [1.165, 1.54) is 32.4 Å². The largest absolute Gasteiger partial charge is 0.465 e. The van der Waals surface area contributed by atoms with Crippen molar-refractivity contribution in [2.24, 2.45) is 0 Å². The number of alkyl halides is 2. The van der Waals surface area contributed by atoms with Crippen molar-refractivity contribution in [2.45, 2.75) is 19.7 Å². The minimum atomic E-state index is -3.14. The number of carbonyl (C=O) groups is 2. The smallest absolute Gasteiger partial charge is 0.387 e. The standard InChI is InChI=1S/C28H25F2N3O5/c1-36-26(34)24-20(17-32-13-7-3-8-14-32)31-21(18-33-15-9-4-10-16-33)25(27(35)37-2)23(24)19-11-5-6-12-22(19)38-28(29)30/h3-16,28H,17-18H2,1-2H3/q+2. The van der Waals surface area contributed by atoms with E-state index in [4.69, 9.17) is 19.2 Å². The summed E-state index contributed by atoms with van der Waals surface area (Å²) in [5.41, 5.74) is 0.554. The average molecular weight is 522 g/mol. The number of rotatable bonds is 9. The molecule has 0 aliphatic carbocycles. The lowest BCUT2D eigenvalue weighted by atomic mass is 9.91. The average Bonchev–Trinajstić information content (AvgIpc) is 2.93. The number of aromatic nitrogens is 3. The number of nitrogens with zero attached hydrogens (tertiary/aromatic N) is 3. The summed E-state index contributed by atoms with van der Waals surface area (Å²) < 4.78 is 45.3. The van der Waals surface area contributed by atoms with Crippen molar-refractivity contribution in [1.29, 1.82) is 0 Å². The molecule has 3 aromatic heterocycles. The number of benzene rings is 1. The SMILES string of the molecule is COC(=O)c1c(C[n+]2ccccc2)nc(C[n+]2ccccc2)c(C(=O)OC)c1-c1ccccc1OC(F)F. The third-order valence-corrected chi connectivity index (χ3v) is 5.72. The lowest BCUT2D eigenvalue weighted by molar-refractivity contribution is -0.690. The Labute approximate surface area is 217 Å². The molecule has 0 amide bonds. The fraction of sp³-hybridized carbons (Fsp3) is 0.179. The summed E-state index contributed by atoms with van der Waals surface area (Å²) in [6, 6.07) is 16.9. The molecule has 0 radical (unpaired) electrons. The van der Waals surface area contributed by atoms with Gasteiger partial charge in [-0.25, -0.2) is 14.6 Å². The van der Waals surface area contributed by atoms with Gasteiger partial charge in [0.15, 0.2) is 37.9 Å². The number of methoxy groups -OCH3 is 2. The van der Waals surface area contributed by atoms with Gasteiger partial charge in [0.05, 0.1) is 25.3 Å². The van der Waals surface area contributed by atoms with Crippen LogP contribution >= 0.6 is 0 Å². The van der Waals surface area contributed by atoms with Crippen LogP contribution in [0.3, 0.4) is 0 Å². The van der Waals surface area contributed by atoms with E-state index in [0.29, 0.717) is 0 Å². The highest BCUT2D eigenvalue weighted by Gasteiger charge is 2.33. The highest BCUT2D eigenvalue weighted by atomic mass is 19.3. The Hall–Kier alpha value is -4.73. The van der Waals surface area contributed by atoms with Gasteiger partial charge in [0, 0.05) is 35.4 Å². The zero-order valence-corrected chi connectivity index (χ0v) is 20.7. The lowest BCUT2D eigenvalue weighted by Crippen LogP contribution is -2.37. The van der Waals surface area contributed by atoms with E-state index < -0.39 is 18.6 Å². The summed E-state index contributed by atoms with van der Waals surface area (Å²) in [5, 5.41) is 0. The Balaban J connectivity index is 2.10. The van der Waals surface area contributed by atoms with E-state index in [0.717, 1.165) is 0 Å². The van der Waals surface area contributed by atoms with Gasteiger partial charge in [0.1, 0.15) is 17.1 Å². The van der Waals surface area contributed by atoms with E-state index in [9.17, 15) is 18.4 Å². The van der Waals surface area contributed by atoms with Crippen LogP contribution in [-0.4, -0.2) is 37.8 Å². The number of para-hydroxylation sites is 1. The van der Waals surface area contributed by atoms with Crippen molar-refractivity contribution >= 4 is 11.9 Å². The highest BCUT2D eigenvalue weighted by Crippen LogP contribution is 2.38. The van der Waals surface area contributed by atoms with Crippen molar-refractivity contribution < 1.29 is 41.7 Å². The second kappa shape index (κ2) is 12.0. The first kappa shape index (κ1) is 26.3. The van der Waals surface area contributed by atoms with Gasteiger partial charge in [-0.2, -0.15) is 17.9 Å². The molecule has 0 aliphatic heterocycles. The number of halogens is 2. The monoisotopic (exact) mass is 521 g/mol. The molecule has 0 aliphatic rings.